The number of nitrogens with zero attached hydrogens (tertiary/aromatic N) is 1. The van der Waals surface area contributed by atoms with Crippen molar-refractivity contribution in [3.05, 3.63) is 21.9 Å². The minimum atomic E-state index is 0. The maximum atomic E-state index is 12.2. The molecule has 2 rings (SSSR count). The van der Waals surface area contributed by atoms with Crippen molar-refractivity contribution in [1.82, 2.24) is 10.2 Å². The fourth-order valence-electron chi connectivity index (χ4n) is 1.87. The lowest BCUT2D eigenvalue weighted by molar-refractivity contribution is 0.0660. The van der Waals surface area contributed by atoms with E-state index >= 15 is 0 Å². The molecular weight excluding hydrogens is 244 g/mol. The normalized spacial score (nSPS) is 20.4. The van der Waals surface area contributed by atoms with Crippen molar-refractivity contribution in [2.75, 3.05) is 19.6 Å². The Morgan fingerprint density at radius 3 is 2.94 bits per heavy atom. The van der Waals surface area contributed by atoms with Crippen LogP contribution >= 0.6 is 23.7 Å². The van der Waals surface area contributed by atoms with Crippen LogP contribution in [-0.4, -0.2) is 36.5 Å². The lowest BCUT2D eigenvalue weighted by Gasteiger charge is -2.33. The topological polar surface area (TPSA) is 32.3 Å². The average molecular weight is 261 g/mol. The molecule has 1 aliphatic rings. The highest BCUT2D eigenvalue weighted by Gasteiger charge is 2.25. The second-order valence-corrected chi connectivity index (χ2v) is 4.90. The third-order valence-corrected chi connectivity index (χ3v) is 3.82. The number of thiophene rings is 1. The molecule has 16 heavy (non-hydrogen) atoms. The fourth-order valence-corrected chi connectivity index (χ4v) is 2.75. The van der Waals surface area contributed by atoms with Gasteiger partial charge >= 0.3 is 0 Å². The van der Waals surface area contributed by atoms with Gasteiger partial charge in [-0.05, 0) is 30.9 Å². The SMILES string of the molecule is Cc1ccsc1C(=O)N1CCNC[C@@H]1C.Cl. The quantitative estimate of drug-likeness (QED) is 0.837. The van der Waals surface area contributed by atoms with Crippen LogP contribution in [0.5, 0.6) is 0 Å². The molecule has 0 aromatic carbocycles. The van der Waals surface area contributed by atoms with Gasteiger partial charge in [0.05, 0.1) is 4.88 Å². The first kappa shape index (κ1) is 13.5. The molecule has 0 bridgehead atoms. The molecule has 0 unspecified atom stereocenters. The first-order valence-electron chi connectivity index (χ1n) is 5.26. The van der Waals surface area contributed by atoms with E-state index in [-0.39, 0.29) is 18.3 Å². The zero-order valence-electron chi connectivity index (χ0n) is 9.53. The number of rotatable bonds is 1. The summed E-state index contributed by atoms with van der Waals surface area (Å²) in [7, 11) is 0. The molecule has 2 heterocycles. The van der Waals surface area contributed by atoms with E-state index in [2.05, 4.69) is 12.2 Å². The van der Waals surface area contributed by atoms with E-state index in [9.17, 15) is 4.79 Å². The van der Waals surface area contributed by atoms with Crippen molar-refractivity contribution < 1.29 is 4.79 Å². The van der Waals surface area contributed by atoms with Crippen LogP contribution < -0.4 is 5.32 Å². The molecule has 1 aromatic rings. The van der Waals surface area contributed by atoms with Gasteiger partial charge in [0.25, 0.3) is 5.91 Å². The van der Waals surface area contributed by atoms with Crippen molar-refractivity contribution in [3.63, 3.8) is 0 Å². The van der Waals surface area contributed by atoms with Crippen molar-refractivity contribution in [2.45, 2.75) is 19.9 Å². The van der Waals surface area contributed by atoms with Gasteiger partial charge in [0.15, 0.2) is 0 Å². The number of amides is 1. The van der Waals surface area contributed by atoms with Crippen LogP contribution in [0.15, 0.2) is 11.4 Å². The highest BCUT2D eigenvalue weighted by atomic mass is 35.5. The molecule has 1 N–H and O–H groups in total. The average Bonchev–Trinajstić information content (AvgIpc) is 2.64. The number of halogens is 1. The summed E-state index contributed by atoms with van der Waals surface area (Å²) in [5, 5.41) is 5.27. The Hall–Kier alpha value is -0.580. The number of aryl methyl sites for hydroxylation is 1. The number of piperazine rings is 1. The highest BCUT2D eigenvalue weighted by Crippen LogP contribution is 2.19. The Bertz CT molecular complexity index is 367. The molecule has 3 nitrogen and oxygen atoms in total. The van der Waals surface area contributed by atoms with Crippen molar-refractivity contribution >= 4 is 29.7 Å². The maximum absolute atomic E-state index is 12.2. The Labute approximate surface area is 106 Å². The first-order valence-corrected chi connectivity index (χ1v) is 6.14. The van der Waals surface area contributed by atoms with Crippen molar-refractivity contribution in [1.29, 1.82) is 0 Å². The van der Waals surface area contributed by atoms with Gasteiger partial charge in [-0.25, -0.2) is 0 Å². The third kappa shape index (κ3) is 2.56. The van der Waals surface area contributed by atoms with E-state index in [1.54, 1.807) is 11.3 Å². The largest absolute Gasteiger partial charge is 0.333 e. The summed E-state index contributed by atoms with van der Waals surface area (Å²) in [4.78, 5) is 15.1. The predicted octanol–water partition coefficient (Wildman–Crippen LogP) is 1.91. The molecule has 1 fully saturated rings. The molecular formula is C11H17ClN2OS. The van der Waals surface area contributed by atoms with Crippen LogP contribution in [0, 0.1) is 6.92 Å². The van der Waals surface area contributed by atoms with E-state index in [4.69, 9.17) is 0 Å². The van der Waals surface area contributed by atoms with Crippen LogP contribution in [-0.2, 0) is 0 Å². The standard InChI is InChI=1S/C11H16N2OS.ClH/c1-8-3-6-15-10(8)11(14)13-5-4-12-7-9(13)2;/h3,6,9,12H,4-5,7H2,1-2H3;1H/t9-;/m0./s1. The Morgan fingerprint density at radius 2 is 2.38 bits per heavy atom. The van der Waals surface area contributed by atoms with Crippen LogP contribution in [0.25, 0.3) is 0 Å². The minimum Gasteiger partial charge on any atom is -0.333 e. The summed E-state index contributed by atoms with van der Waals surface area (Å²) in [6.45, 7) is 6.71. The number of hydrogen-bond acceptors (Lipinski definition) is 3. The molecule has 90 valence electrons. The van der Waals surface area contributed by atoms with Crippen molar-refractivity contribution in [2.24, 2.45) is 0 Å². The molecule has 1 amide bonds. The second kappa shape index (κ2) is 5.66. The molecule has 1 aromatic heterocycles. The van der Waals surface area contributed by atoms with E-state index < -0.39 is 0 Å². The molecule has 0 radical (unpaired) electrons. The van der Waals surface area contributed by atoms with Gasteiger partial charge in [0, 0.05) is 25.7 Å². The number of carbonyl (C=O) groups is 1. The number of nitrogens with one attached hydrogen (secondary N) is 1. The molecule has 1 aliphatic heterocycles. The molecule has 0 aliphatic carbocycles. The highest BCUT2D eigenvalue weighted by molar-refractivity contribution is 7.12. The second-order valence-electron chi connectivity index (χ2n) is 3.98. The monoisotopic (exact) mass is 260 g/mol. The van der Waals surface area contributed by atoms with Crippen molar-refractivity contribution in [3.8, 4) is 0 Å². The molecule has 0 saturated carbocycles. The fraction of sp³-hybridized carbons (Fsp3) is 0.545. The van der Waals surface area contributed by atoms with E-state index in [0.717, 1.165) is 30.1 Å². The molecule has 1 saturated heterocycles. The molecule has 0 spiro atoms. The van der Waals surface area contributed by atoms with Crippen LogP contribution in [0.1, 0.15) is 22.2 Å². The predicted molar refractivity (Wildman–Crippen MR) is 69.7 cm³/mol. The zero-order valence-corrected chi connectivity index (χ0v) is 11.2. The lowest BCUT2D eigenvalue weighted by atomic mass is 10.2. The first-order chi connectivity index (χ1) is 7.20. The van der Waals surface area contributed by atoms with E-state index in [1.165, 1.54) is 0 Å². The van der Waals surface area contributed by atoms with Gasteiger partial charge in [-0.15, -0.1) is 23.7 Å². The lowest BCUT2D eigenvalue weighted by Crippen LogP contribution is -2.52. The third-order valence-electron chi connectivity index (χ3n) is 2.82. The van der Waals surface area contributed by atoms with E-state index in [1.807, 2.05) is 23.3 Å². The summed E-state index contributed by atoms with van der Waals surface area (Å²) < 4.78 is 0. The number of carbonyl (C=O) groups excluding carboxylic acids is 1. The summed E-state index contributed by atoms with van der Waals surface area (Å²) in [6, 6.07) is 2.30. The minimum absolute atomic E-state index is 0. The van der Waals surface area contributed by atoms with Gasteiger partial charge in [0.2, 0.25) is 0 Å². The Balaban J connectivity index is 0.00000128. The van der Waals surface area contributed by atoms with Gasteiger partial charge in [-0.3, -0.25) is 4.79 Å². The Morgan fingerprint density at radius 1 is 1.62 bits per heavy atom. The molecule has 1 atom stereocenters. The van der Waals surface area contributed by atoms with Gasteiger partial charge in [0.1, 0.15) is 0 Å². The zero-order chi connectivity index (χ0) is 10.8. The van der Waals surface area contributed by atoms with E-state index in [0.29, 0.717) is 6.04 Å². The smallest absolute Gasteiger partial charge is 0.264 e. The van der Waals surface area contributed by atoms with Crippen LogP contribution in [0.2, 0.25) is 0 Å². The molecule has 5 heteroatoms. The van der Waals surface area contributed by atoms with Crippen LogP contribution in [0.3, 0.4) is 0 Å². The van der Waals surface area contributed by atoms with Gasteiger partial charge in [-0.1, -0.05) is 0 Å². The van der Waals surface area contributed by atoms with Crippen LogP contribution in [0.4, 0.5) is 0 Å². The van der Waals surface area contributed by atoms with Gasteiger partial charge < -0.3 is 10.2 Å². The number of hydrogen-bond donors (Lipinski definition) is 1. The summed E-state index contributed by atoms with van der Waals surface area (Å²) in [6.07, 6.45) is 0. The Kier molecular flexibility index (Phi) is 4.77. The summed E-state index contributed by atoms with van der Waals surface area (Å²) in [5.74, 6) is 0.191. The van der Waals surface area contributed by atoms with Gasteiger partial charge in [-0.2, -0.15) is 0 Å². The maximum Gasteiger partial charge on any atom is 0.264 e. The summed E-state index contributed by atoms with van der Waals surface area (Å²) >= 11 is 1.54. The summed E-state index contributed by atoms with van der Waals surface area (Å²) in [5.41, 5.74) is 1.09.